The number of ether oxygens (including phenoxy) is 1. The van der Waals surface area contributed by atoms with Crippen LogP contribution in [0.15, 0.2) is 59.8 Å². The molecule has 0 aliphatic carbocycles. The zero-order valence-corrected chi connectivity index (χ0v) is 15.1. The molecule has 0 unspecified atom stereocenters. The summed E-state index contributed by atoms with van der Waals surface area (Å²) in [5.74, 6) is -0.0977. The molecule has 0 atom stereocenters. The summed E-state index contributed by atoms with van der Waals surface area (Å²) in [6, 6.07) is 12.5. The van der Waals surface area contributed by atoms with Gasteiger partial charge in [0.2, 0.25) is 0 Å². The van der Waals surface area contributed by atoms with Crippen LogP contribution in [0, 0.1) is 0 Å². The van der Waals surface area contributed by atoms with E-state index in [0.717, 1.165) is 22.2 Å². The molecule has 1 N–H and O–H groups in total. The zero-order chi connectivity index (χ0) is 19.1. The number of nitrogens with zero attached hydrogens (tertiary/aromatic N) is 2. The van der Waals surface area contributed by atoms with E-state index in [4.69, 9.17) is 4.74 Å². The Balaban J connectivity index is 1.46. The molecule has 1 aliphatic rings. The van der Waals surface area contributed by atoms with Crippen LogP contribution in [0.25, 0.3) is 6.08 Å². The number of hydrogen-bond acceptors (Lipinski definition) is 6. The molecule has 2 aromatic rings. The first kappa shape index (κ1) is 18.7. The van der Waals surface area contributed by atoms with E-state index in [-0.39, 0.29) is 36.7 Å². The van der Waals surface area contributed by atoms with Crippen molar-refractivity contribution < 1.29 is 19.1 Å². The van der Waals surface area contributed by atoms with Crippen molar-refractivity contribution in [3.8, 4) is 5.75 Å². The van der Waals surface area contributed by atoms with Gasteiger partial charge in [-0.15, -0.1) is 0 Å². The maximum atomic E-state index is 12.4. The van der Waals surface area contributed by atoms with Gasteiger partial charge in [-0.2, -0.15) is 0 Å². The first-order chi connectivity index (χ1) is 13.1. The van der Waals surface area contributed by atoms with E-state index in [9.17, 15) is 14.4 Å². The Morgan fingerprint density at radius 3 is 2.74 bits per heavy atom. The molecule has 0 bridgehead atoms. The van der Waals surface area contributed by atoms with E-state index in [1.165, 1.54) is 0 Å². The Hall–Kier alpha value is -3.13. The number of thioether (sulfide) groups is 1. The molecule has 3 rings (SSSR count). The number of rotatable bonds is 7. The summed E-state index contributed by atoms with van der Waals surface area (Å²) in [5.41, 5.74) is 0.745. The van der Waals surface area contributed by atoms with Crippen LogP contribution in [0.1, 0.15) is 5.56 Å². The maximum Gasteiger partial charge on any atom is 0.293 e. The fourth-order valence-electron chi connectivity index (χ4n) is 2.33. The minimum atomic E-state index is -0.372. The Kier molecular flexibility index (Phi) is 6.22. The maximum absolute atomic E-state index is 12.4. The summed E-state index contributed by atoms with van der Waals surface area (Å²) < 4.78 is 5.34. The molecule has 27 heavy (non-hydrogen) atoms. The lowest BCUT2D eigenvalue weighted by atomic mass is 10.2. The highest BCUT2D eigenvalue weighted by molar-refractivity contribution is 8.18. The number of carbonyl (C=O) groups excluding carboxylic acids is 3. The summed E-state index contributed by atoms with van der Waals surface area (Å²) in [5, 5.41) is 2.28. The van der Waals surface area contributed by atoms with Crippen LogP contribution in [0.3, 0.4) is 0 Å². The van der Waals surface area contributed by atoms with Crippen LogP contribution in [0.2, 0.25) is 0 Å². The molecule has 8 heteroatoms. The molecule has 0 radical (unpaired) electrons. The smallest absolute Gasteiger partial charge is 0.293 e. The number of pyridine rings is 1. The van der Waals surface area contributed by atoms with E-state index in [0.29, 0.717) is 10.7 Å². The lowest BCUT2D eigenvalue weighted by Gasteiger charge is -2.13. The van der Waals surface area contributed by atoms with Crippen molar-refractivity contribution in [3.63, 3.8) is 0 Å². The third kappa shape index (κ3) is 5.18. The van der Waals surface area contributed by atoms with Gasteiger partial charge in [0.25, 0.3) is 17.1 Å². The Morgan fingerprint density at radius 2 is 2.00 bits per heavy atom. The average molecular weight is 383 g/mol. The second kappa shape index (κ2) is 9.00. The summed E-state index contributed by atoms with van der Waals surface area (Å²) in [6.45, 7) is 0.133. The van der Waals surface area contributed by atoms with Crippen molar-refractivity contribution in [2.75, 3.05) is 19.7 Å². The first-order valence-electron chi connectivity index (χ1n) is 8.23. The number of nitrogens with one attached hydrogen (secondary N) is 1. The topological polar surface area (TPSA) is 88.6 Å². The molecule has 0 saturated carbocycles. The van der Waals surface area contributed by atoms with Gasteiger partial charge < -0.3 is 10.1 Å². The molecule has 1 aliphatic heterocycles. The van der Waals surface area contributed by atoms with Crippen LogP contribution in [0.5, 0.6) is 5.75 Å². The summed E-state index contributed by atoms with van der Waals surface area (Å²) in [6.07, 6.45) is 4.87. The van der Waals surface area contributed by atoms with Crippen molar-refractivity contribution >= 4 is 34.9 Å². The number of aromatic nitrogens is 1. The van der Waals surface area contributed by atoms with Gasteiger partial charge in [0.05, 0.1) is 4.91 Å². The fraction of sp³-hybridized carbons (Fsp3) is 0.158. The third-order valence-corrected chi connectivity index (χ3v) is 4.53. The Labute approximate surface area is 160 Å². The summed E-state index contributed by atoms with van der Waals surface area (Å²) >= 11 is 0.876. The van der Waals surface area contributed by atoms with Gasteiger partial charge in [-0.1, -0.05) is 24.3 Å². The van der Waals surface area contributed by atoms with E-state index in [1.54, 1.807) is 42.7 Å². The highest BCUT2D eigenvalue weighted by Crippen LogP contribution is 2.31. The molecule has 3 amide bonds. The standard InChI is InChI=1S/C19H17N3O4S/c23-17(13-26-15-6-2-1-3-7-15)21-9-10-22-18(24)16(27-19(22)25)11-14-5-4-8-20-12-14/h1-8,11-12H,9-10,13H2,(H,21,23). The first-order valence-corrected chi connectivity index (χ1v) is 9.05. The van der Waals surface area contributed by atoms with Crippen LogP contribution in [0.4, 0.5) is 4.79 Å². The zero-order valence-electron chi connectivity index (χ0n) is 14.3. The quantitative estimate of drug-likeness (QED) is 0.738. The number of carbonyl (C=O) groups is 3. The molecule has 2 heterocycles. The predicted molar refractivity (Wildman–Crippen MR) is 102 cm³/mol. The SMILES string of the molecule is O=C(COc1ccccc1)NCCN1C(=O)SC(=Cc2cccnc2)C1=O. The predicted octanol–water partition coefficient (Wildman–Crippen LogP) is 2.31. The molecule has 1 fully saturated rings. The number of imide groups is 1. The molecule has 1 saturated heterocycles. The normalized spacial score (nSPS) is 15.3. The molecule has 0 spiro atoms. The highest BCUT2D eigenvalue weighted by atomic mass is 32.2. The van der Waals surface area contributed by atoms with Gasteiger partial charge in [-0.25, -0.2) is 0 Å². The summed E-state index contributed by atoms with van der Waals surface area (Å²) in [7, 11) is 0. The Bertz CT molecular complexity index is 856. The average Bonchev–Trinajstić information content (AvgIpc) is 2.95. The van der Waals surface area contributed by atoms with E-state index >= 15 is 0 Å². The number of amides is 3. The van der Waals surface area contributed by atoms with Gasteiger partial charge in [0.15, 0.2) is 6.61 Å². The lowest BCUT2D eigenvalue weighted by Crippen LogP contribution is -2.38. The highest BCUT2D eigenvalue weighted by Gasteiger charge is 2.34. The van der Waals surface area contributed by atoms with Crippen LogP contribution in [-0.4, -0.2) is 46.6 Å². The van der Waals surface area contributed by atoms with E-state index < -0.39 is 0 Å². The van der Waals surface area contributed by atoms with E-state index in [1.807, 2.05) is 18.2 Å². The minimum Gasteiger partial charge on any atom is -0.484 e. The van der Waals surface area contributed by atoms with Gasteiger partial charge >= 0.3 is 0 Å². The van der Waals surface area contributed by atoms with Crippen LogP contribution in [-0.2, 0) is 9.59 Å². The number of hydrogen-bond donors (Lipinski definition) is 1. The van der Waals surface area contributed by atoms with Crippen molar-refractivity contribution in [1.82, 2.24) is 15.2 Å². The molecule has 1 aromatic carbocycles. The van der Waals surface area contributed by atoms with Gasteiger partial charge in [0.1, 0.15) is 5.75 Å². The third-order valence-electron chi connectivity index (χ3n) is 3.63. The van der Waals surface area contributed by atoms with Crippen molar-refractivity contribution in [2.24, 2.45) is 0 Å². The van der Waals surface area contributed by atoms with Gasteiger partial charge in [0, 0.05) is 25.5 Å². The second-order valence-corrected chi connectivity index (χ2v) is 6.56. The molecule has 138 valence electrons. The van der Waals surface area contributed by atoms with Gasteiger partial charge in [-0.3, -0.25) is 24.3 Å². The fourth-order valence-corrected chi connectivity index (χ4v) is 3.19. The van der Waals surface area contributed by atoms with Crippen molar-refractivity contribution in [2.45, 2.75) is 0 Å². The van der Waals surface area contributed by atoms with Crippen molar-refractivity contribution in [1.29, 1.82) is 0 Å². The van der Waals surface area contributed by atoms with Crippen molar-refractivity contribution in [3.05, 3.63) is 65.3 Å². The molecule has 7 nitrogen and oxygen atoms in total. The molecular weight excluding hydrogens is 366 g/mol. The summed E-state index contributed by atoms with van der Waals surface area (Å²) in [4.78, 5) is 41.7. The second-order valence-electron chi connectivity index (χ2n) is 5.57. The molecular formula is C19H17N3O4S. The Morgan fingerprint density at radius 1 is 1.19 bits per heavy atom. The molecule has 1 aromatic heterocycles. The van der Waals surface area contributed by atoms with Crippen LogP contribution < -0.4 is 10.1 Å². The van der Waals surface area contributed by atoms with E-state index in [2.05, 4.69) is 10.3 Å². The number of para-hydroxylation sites is 1. The largest absolute Gasteiger partial charge is 0.484 e. The monoisotopic (exact) mass is 383 g/mol. The van der Waals surface area contributed by atoms with Gasteiger partial charge in [-0.05, 0) is 41.6 Å². The number of benzene rings is 1. The minimum absolute atomic E-state index is 0.103. The lowest BCUT2D eigenvalue weighted by molar-refractivity contribution is -0.125. The van der Waals surface area contributed by atoms with Crippen LogP contribution >= 0.6 is 11.8 Å².